The van der Waals surface area contributed by atoms with E-state index >= 15 is 0 Å². The first-order chi connectivity index (χ1) is 10.5. The summed E-state index contributed by atoms with van der Waals surface area (Å²) in [7, 11) is 0. The van der Waals surface area contributed by atoms with Gasteiger partial charge in [0.1, 0.15) is 17.9 Å². The lowest BCUT2D eigenvalue weighted by Crippen LogP contribution is -2.11. The highest BCUT2D eigenvalue weighted by Gasteiger charge is 2.18. The van der Waals surface area contributed by atoms with Crippen LogP contribution in [-0.4, -0.2) is 14.5 Å². The first-order valence-corrected chi connectivity index (χ1v) is 7.86. The molecule has 0 bridgehead atoms. The van der Waals surface area contributed by atoms with Gasteiger partial charge in [0.15, 0.2) is 5.82 Å². The van der Waals surface area contributed by atoms with Crippen LogP contribution in [-0.2, 0) is 18.0 Å². The van der Waals surface area contributed by atoms with E-state index in [1.54, 1.807) is 0 Å². The number of nitrogen functional groups attached to an aromatic ring is 1. The van der Waals surface area contributed by atoms with Crippen molar-refractivity contribution in [2.75, 3.05) is 5.73 Å². The monoisotopic (exact) mass is 363 g/mol. The third kappa shape index (κ3) is 2.55. The largest absolute Gasteiger partial charge is 0.382 e. The first kappa shape index (κ1) is 15.2. The molecule has 0 saturated heterocycles. The molecule has 2 heterocycles. The fourth-order valence-electron chi connectivity index (χ4n) is 2.68. The summed E-state index contributed by atoms with van der Waals surface area (Å²) in [5, 5.41) is 1.02. The molecule has 3 aromatic rings. The molecule has 6 nitrogen and oxygen atoms in total. The van der Waals surface area contributed by atoms with E-state index in [1.807, 2.05) is 18.2 Å². The molecule has 0 spiro atoms. The predicted octanol–water partition coefficient (Wildman–Crippen LogP) is 2.98. The number of anilines is 1. The lowest BCUT2D eigenvalue weighted by atomic mass is 10.1. The van der Waals surface area contributed by atoms with E-state index in [4.69, 9.17) is 16.5 Å². The molecule has 0 fully saturated rings. The number of nitrogens with zero attached hydrogens (tertiary/aromatic N) is 3. The van der Waals surface area contributed by atoms with Crippen molar-refractivity contribution < 1.29 is 4.84 Å². The fraction of sp³-hybridized carbons (Fsp3) is 0.333. The maximum absolute atomic E-state index is 6.11. The molecular formula is C15H18BrN5O. The van der Waals surface area contributed by atoms with E-state index in [9.17, 15) is 0 Å². The Balaban J connectivity index is 2.40. The average Bonchev–Trinajstić information content (AvgIpc) is 2.78. The van der Waals surface area contributed by atoms with Crippen LogP contribution >= 0.6 is 15.9 Å². The van der Waals surface area contributed by atoms with Crippen molar-refractivity contribution in [3.05, 3.63) is 28.5 Å². The van der Waals surface area contributed by atoms with Crippen molar-refractivity contribution in [1.29, 1.82) is 0 Å². The van der Waals surface area contributed by atoms with Crippen molar-refractivity contribution in [1.82, 2.24) is 14.5 Å². The fourth-order valence-corrected chi connectivity index (χ4v) is 3.03. The predicted molar refractivity (Wildman–Crippen MR) is 91.0 cm³/mol. The molecule has 0 aliphatic heterocycles. The van der Waals surface area contributed by atoms with Crippen molar-refractivity contribution in [2.24, 2.45) is 11.8 Å². The molecule has 0 saturated carbocycles. The van der Waals surface area contributed by atoms with Gasteiger partial charge in [-0.3, -0.25) is 4.84 Å². The smallest absolute Gasteiger partial charge is 0.152 e. The summed E-state index contributed by atoms with van der Waals surface area (Å²) in [6.45, 7) is 5.35. The number of imidazole rings is 1. The lowest BCUT2D eigenvalue weighted by molar-refractivity contribution is 0.115. The van der Waals surface area contributed by atoms with Crippen LogP contribution in [0.2, 0.25) is 0 Å². The van der Waals surface area contributed by atoms with E-state index in [0.29, 0.717) is 17.3 Å². The van der Waals surface area contributed by atoms with Gasteiger partial charge in [-0.2, -0.15) is 0 Å². The molecule has 0 aliphatic carbocycles. The van der Waals surface area contributed by atoms with Crippen LogP contribution in [0.15, 0.2) is 22.7 Å². The molecular weight excluding hydrogens is 346 g/mol. The van der Waals surface area contributed by atoms with Crippen LogP contribution in [0.5, 0.6) is 0 Å². The Labute approximate surface area is 136 Å². The summed E-state index contributed by atoms with van der Waals surface area (Å²) < 4.78 is 3.09. The number of aromatic nitrogens is 3. The van der Waals surface area contributed by atoms with Crippen molar-refractivity contribution in [3.63, 3.8) is 0 Å². The quantitative estimate of drug-likeness (QED) is 0.695. The van der Waals surface area contributed by atoms with E-state index in [2.05, 4.69) is 44.3 Å². The third-order valence-corrected chi connectivity index (χ3v) is 4.00. The number of benzene rings is 1. The summed E-state index contributed by atoms with van der Waals surface area (Å²) in [5.41, 5.74) is 8.62. The summed E-state index contributed by atoms with van der Waals surface area (Å²) in [6, 6.07) is 5.97. The minimum absolute atomic E-state index is 0.235. The van der Waals surface area contributed by atoms with E-state index < -0.39 is 0 Å². The highest BCUT2D eigenvalue weighted by molar-refractivity contribution is 9.10. The van der Waals surface area contributed by atoms with Gasteiger partial charge in [-0.1, -0.05) is 29.8 Å². The minimum Gasteiger partial charge on any atom is -0.382 e. The lowest BCUT2D eigenvalue weighted by Gasteiger charge is -2.12. The number of nitrogens with two attached hydrogens (primary N) is 2. The van der Waals surface area contributed by atoms with Crippen molar-refractivity contribution >= 4 is 43.7 Å². The second-order valence-electron chi connectivity index (χ2n) is 5.70. The van der Waals surface area contributed by atoms with Gasteiger partial charge in [0.25, 0.3) is 0 Å². The maximum Gasteiger partial charge on any atom is 0.152 e. The summed E-state index contributed by atoms with van der Waals surface area (Å²) in [5.74, 6) is 6.88. The van der Waals surface area contributed by atoms with Gasteiger partial charge in [0, 0.05) is 16.4 Å². The van der Waals surface area contributed by atoms with Gasteiger partial charge < -0.3 is 10.3 Å². The molecule has 0 unspecified atom stereocenters. The molecule has 116 valence electrons. The molecule has 2 aromatic heterocycles. The van der Waals surface area contributed by atoms with Crippen LogP contribution in [0.1, 0.15) is 19.7 Å². The van der Waals surface area contributed by atoms with Gasteiger partial charge in [-0.25, -0.2) is 15.9 Å². The molecule has 7 heteroatoms. The topological polar surface area (TPSA) is 92.0 Å². The highest BCUT2D eigenvalue weighted by atomic mass is 79.9. The minimum atomic E-state index is 0.235. The van der Waals surface area contributed by atoms with E-state index in [-0.39, 0.29) is 6.61 Å². The number of rotatable bonds is 4. The molecule has 0 atom stereocenters. The Morgan fingerprint density at radius 1 is 1.32 bits per heavy atom. The number of pyridine rings is 1. The molecule has 1 aromatic carbocycles. The summed E-state index contributed by atoms with van der Waals surface area (Å²) >= 11 is 3.47. The van der Waals surface area contributed by atoms with Crippen LogP contribution < -0.4 is 11.6 Å². The second kappa shape index (κ2) is 5.83. The highest BCUT2D eigenvalue weighted by Crippen LogP contribution is 2.31. The third-order valence-electron chi connectivity index (χ3n) is 3.51. The number of hydrogen-bond acceptors (Lipinski definition) is 5. The van der Waals surface area contributed by atoms with E-state index in [1.165, 1.54) is 0 Å². The number of halogens is 1. The van der Waals surface area contributed by atoms with Crippen molar-refractivity contribution in [3.8, 4) is 0 Å². The molecule has 4 N–H and O–H groups in total. The first-order valence-electron chi connectivity index (χ1n) is 7.06. The number of fused-ring (bicyclic) bond motifs is 3. The molecule has 0 aliphatic rings. The normalized spacial score (nSPS) is 11.9. The SMILES string of the molecule is CC(C)Cn1c(CON)nc2c(N)nc3cc(Br)ccc3c21. The van der Waals surface area contributed by atoms with Crippen molar-refractivity contribution in [2.45, 2.75) is 27.0 Å². The van der Waals surface area contributed by atoms with Gasteiger partial charge in [0.05, 0.1) is 11.0 Å². The molecule has 0 amide bonds. The standard InChI is InChI=1S/C15H18BrN5O/c1-8(2)6-21-12(7-22-18)20-13-14(21)10-4-3-9(16)5-11(10)19-15(13)17/h3-5,8H,6-7,18H2,1-2H3,(H2,17,19). The molecule has 22 heavy (non-hydrogen) atoms. The Morgan fingerprint density at radius 2 is 2.09 bits per heavy atom. The zero-order valence-corrected chi connectivity index (χ0v) is 14.1. The summed E-state index contributed by atoms with van der Waals surface area (Å²) in [4.78, 5) is 13.8. The molecule has 0 radical (unpaired) electrons. The van der Waals surface area contributed by atoms with E-state index in [0.717, 1.165) is 33.3 Å². The van der Waals surface area contributed by atoms with Crippen LogP contribution in [0, 0.1) is 5.92 Å². The zero-order valence-electron chi connectivity index (χ0n) is 12.5. The maximum atomic E-state index is 6.11. The Bertz CT molecular complexity index is 843. The summed E-state index contributed by atoms with van der Waals surface area (Å²) in [6.07, 6.45) is 0. The Morgan fingerprint density at radius 3 is 2.77 bits per heavy atom. The average molecular weight is 364 g/mol. The van der Waals surface area contributed by atoms with Gasteiger partial charge in [-0.15, -0.1) is 0 Å². The van der Waals surface area contributed by atoms with Crippen LogP contribution in [0.4, 0.5) is 5.82 Å². The van der Waals surface area contributed by atoms with Gasteiger partial charge >= 0.3 is 0 Å². The Kier molecular flexibility index (Phi) is 4.03. The number of hydrogen-bond donors (Lipinski definition) is 2. The second-order valence-corrected chi connectivity index (χ2v) is 6.61. The van der Waals surface area contributed by atoms with Crippen LogP contribution in [0.3, 0.4) is 0 Å². The van der Waals surface area contributed by atoms with Crippen LogP contribution in [0.25, 0.3) is 21.9 Å². The zero-order chi connectivity index (χ0) is 15.9. The van der Waals surface area contributed by atoms with Gasteiger partial charge in [-0.05, 0) is 24.1 Å². The molecule has 3 rings (SSSR count). The Hall–Kier alpha value is -1.70. The van der Waals surface area contributed by atoms with Gasteiger partial charge in [0.2, 0.25) is 0 Å².